The van der Waals surface area contributed by atoms with E-state index in [1.165, 1.54) is 0 Å². The van der Waals surface area contributed by atoms with Crippen LogP contribution in [0.3, 0.4) is 0 Å². The van der Waals surface area contributed by atoms with Crippen LogP contribution >= 0.6 is 11.3 Å². The second-order valence-corrected chi connectivity index (χ2v) is 10.3. The van der Waals surface area contributed by atoms with Crippen LogP contribution in [-0.4, -0.2) is 56.8 Å². The first-order valence-corrected chi connectivity index (χ1v) is 11.7. The lowest BCUT2D eigenvalue weighted by atomic mass is 9.77. The number of aryl methyl sites for hydroxylation is 2. The van der Waals surface area contributed by atoms with Crippen molar-refractivity contribution in [2.45, 2.75) is 45.7 Å². The van der Waals surface area contributed by atoms with Gasteiger partial charge in [-0.1, -0.05) is 18.3 Å². The molecular weight excluding hydrogens is 440 g/mol. The number of amides is 2. The molecule has 2 atom stereocenters. The Morgan fingerprint density at radius 3 is 2.73 bits per heavy atom. The van der Waals surface area contributed by atoms with Crippen LogP contribution in [-0.2, 0) is 7.05 Å². The van der Waals surface area contributed by atoms with Gasteiger partial charge in [-0.25, -0.2) is 9.78 Å². The van der Waals surface area contributed by atoms with Crippen molar-refractivity contribution in [1.29, 1.82) is 0 Å². The minimum atomic E-state index is -0.980. The number of thiazole rings is 1. The SMILES string of the molecule is Cc1cc(-c2nc(C(=O)NC3CCN(C)C(C)(C)C3C)c(OC(N)=O)s2)cc2cn(C)nc12. The minimum absolute atomic E-state index is 0.0238. The zero-order valence-corrected chi connectivity index (χ0v) is 20.6. The number of nitrogens with zero attached hydrogens (tertiary/aromatic N) is 4. The van der Waals surface area contributed by atoms with Crippen molar-refractivity contribution in [1.82, 2.24) is 25.0 Å². The number of hydrogen-bond acceptors (Lipinski definition) is 7. The van der Waals surface area contributed by atoms with Crippen molar-refractivity contribution in [2.75, 3.05) is 13.6 Å². The second-order valence-electron chi connectivity index (χ2n) is 9.34. The van der Waals surface area contributed by atoms with Crippen LogP contribution in [0.15, 0.2) is 18.3 Å². The third-order valence-corrected chi connectivity index (χ3v) is 7.94. The summed E-state index contributed by atoms with van der Waals surface area (Å²) in [5.41, 5.74) is 7.99. The molecule has 3 N–H and O–H groups in total. The van der Waals surface area contributed by atoms with E-state index in [0.29, 0.717) is 5.01 Å². The van der Waals surface area contributed by atoms with E-state index < -0.39 is 6.09 Å². The lowest BCUT2D eigenvalue weighted by molar-refractivity contribution is 0.0288. The summed E-state index contributed by atoms with van der Waals surface area (Å²) in [7, 11) is 3.97. The zero-order valence-electron chi connectivity index (χ0n) is 19.8. The number of ether oxygens (including phenoxy) is 1. The Morgan fingerprint density at radius 2 is 2.03 bits per heavy atom. The number of hydrogen-bond donors (Lipinski definition) is 2. The predicted molar refractivity (Wildman–Crippen MR) is 129 cm³/mol. The van der Waals surface area contributed by atoms with E-state index in [2.05, 4.69) is 48.1 Å². The van der Waals surface area contributed by atoms with E-state index in [1.54, 1.807) is 4.68 Å². The highest BCUT2D eigenvalue weighted by Gasteiger charge is 2.40. The van der Waals surface area contributed by atoms with Crippen LogP contribution in [0.4, 0.5) is 4.79 Å². The largest absolute Gasteiger partial charge is 0.410 e. The van der Waals surface area contributed by atoms with Crippen molar-refractivity contribution < 1.29 is 14.3 Å². The fourth-order valence-corrected chi connectivity index (χ4v) is 5.34. The third-order valence-electron chi connectivity index (χ3n) is 6.96. The number of piperidine rings is 1. The standard InChI is InChI=1S/C23H30N6O3S/c1-12-9-14(10-15-11-29(6)27-17(12)15)20-26-18(21(33-20)32-22(24)31)19(30)25-16-7-8-28(5)23(3,4)13(16)2/h9-11,13,16H,7-8H2,1-6H3,(H2,24,31)(H,25,30). The van der Waals surface area contributed by atoms with Crippen LogP contribution in [0.1, 0.15) is 43.2 Å². The molecule has 1 aliphatic rings. The van der Waals surface area contributed by atoms with Crippen molar-refractivity contribution in [3.63, 3.8) is 0 Å². The first-order valence-electron chi connectivity index (χ1n) is 10.9. The van der Waals surface area contributed by atoms with Gasteiger partial charge in [-0.05, 0) is 57.9 Å². The molecule has 2 aromatic heterocycles. The molecule has 2 amide bonds. The summed E-state index contributed by atoms with van der Waals surface area (Å²) in [5.74, 6) is -0.153. The molecule has 0 aliphatic carbocycles. The Morgan fingerprint density at radius 1 is 1.30 bits per heavy atom. The summed E-state index contributed by atoms with van der Waals surface area (Å²) >= 11 is 1.13. The Labute approximate surface area is 196 Å². The number of nitrogens with one attached hydrogen (secondary N) is 1. The van der Waals surface area contributed by atoms with E-state index in [1.807, 2.05) is 32.3 Å². The monoisotopic (exact) mass is 470 g/mol. The molecule has 0 bridgehead atoms. The van der Waals surface area contributed by atoms with Gasteiger partial charge in [0.2, 0.25) is 5.06 Å². The topological polar surface area (TPSA) is 115 Å². The first-order chi connectivity index (χ1) is 15.5. The van der Waals surface area contributed by atoms with Gasteiger partial charge in [-0.3, -0.25) is 9.48 Å². The van der Waals surface area contributed by atoms with E-state index in [9.17, 15) is 9.59 Å². The van der Waals surface area contributed by atoms with E-state index in [0.717, 1.165) is 46.3 Å². The number of rotatable bonds is 4. The minimum Gasteiger partial charge on any atom is -0.397 e. The van der Waals surface area contributed by atoms with Gasteiger partial charge < -0.3 is 20.7 Å². The highest BCUT2D eigenvalue weighted by molar-refractivity contribution is 7.17. The Balaban J connectivity index is 1.67. The van der Waals surface area contributed by atoms with Crippen molar-refractivity contribution in [3.05, 3.63) is 29.6 Å². The number of fused-ring (bicyclic) bond motifs is 1. The predicted octanol–water partition coefficient (Wildman–Crippen LogP) is 3.31. The quantitative estimate of drug-likeness (QED) is 0.604. The van der Waals surface area contributed by atoms with Gasteiger partial charge in [0.25, 0.3) is 5.91 Å². The molecule has 0 radical (unpaired) electrons. The molecule has 176 valence electrons. The Kier molecular flexibility index (Phi) is 5.92. The first kappa shape index (κ1) is 23.2. The molecule has 1 saturated heterocycles. The zero-order chi connectivity index (χ0) is 24.1. The van der Waals surface area contributed by atoms with Crippen LogP contribution in [0.25, 0.3) is 21.5 Å². The molecule has 10 heteroatoms. The summed E-state index contributed by atoms with van der Waals surface area (Å²) in [5, 5.41) is 9.22. The molecule has 3 aromatic rings. The average molecular weight is 471 g/mol. The number of nitrogens with two attached hydrogens (primary N) is 1. The number of carbonyl (C=O) groups excluding carboxylic acids is 2. The van der Waals surface area contributed by atoms with Gasteiger partial charge in [-0.15, -0.1) is 0 Å². The van der Waals surface area contributed by atoms with Gasteiger partial charge in [0, 0.05) is 42.3 Å². The number of carbonyl (C=O) groups is 2. The third kappa shape index (κ3) is 4.32. The maximum Gasteiger partial charge on any atom is 0.410 e. The maximum absolute atomic E-state index is 13.3. The number of likely N-dealkylation sites (tertiary alicyclic amines) is 1. The van der Waals surface area contributed by atoms with Crippen LogP contribution in [0.2, 0.25) is 0 Å². The van der Waals surface area contributed by atoms with E-state index in [4.69, 9.17) is 10.5 Å². The molecule has 2 unspecified atom stereocenters. The highest BCUT2D eigenvalue weighted by atomic mass is 32.1. The normalized spacial score (nSPS) is 20.7. The lowest BCUT2D eigenvalue weighted by Crippen LogP contribution is -2.59. The van der Waals surface area contributed by atoms with Gasteiger partial charge in [0.05, 0.1) is 5.52 Å². The van der Waals surface area contributed by atoms with Gasteiger partial charge in [0.1, 0.15) is 5.01 Å². The molecule has 0 spiro atoms. The van der Waals surface area contributed by atoms with E-state index >= 15 is 0 Å². The van der Waals surface area contributed by atoms with Gasteiger partial charge in [0.15, 0.2) is 5.69 Å². The van der Waals surface area contributed by atoms with Crippen LogP contribution < -0.4 is 15.8 Å². The van der Waals surface area contributed by atoms with Gasteiger partial charge in [-0.2, -0.15) is 5.10 Å². The van der Waals surface area contributed by atoms with E-state index in [-0.39, 0.29) is 34.2 Å². The molecule has 0 saturated carbocycles. The fourth-order valence-electron chi connectivity index (χ4n) is 4.43. The summed E-state index contributed by atoms with van der Waals surface area (Å²) in [4.78, 5) is 31.6. The number of primary amides is 1. The van der Waals surface area contributed by atoms with Crippen LogP contribution in [0.5, 0.6) is 5.06 Å². The Hall–Kier alpha value is -2.98. The summed E-state index contributed by atoms with van der Waals surface area (Å²) in [6.07, 6.45) is 1.77. The molecule has 3 heterocycles. The van der Waals surface area contributed by atoms with Crippen molar-refractivity contribution in [2.24, 2.45) is 18.7 Å². The summed E-state index contributed by atoms with van der Waals surface area (Å²) < 4.78 is 6.93. The molecule has 1 fully saturated rings. The molecule has 33 heavy (non-hydrogen) atoms. The van der Waals surface area contributed by atoms with Gasteiger partial charge >= 0.3 is 6.09 Å². The smallest absolute Gasteiger partial charge is 0.397 e. The molecule has 4 rings (SSSR count). The molecule has 1 aliphatic heterocycles. The Bertz CT molecular complexity index is 1230. The highest BCUT2D eigenvalue weighted by Crippen LogP contribution is 2.37. The number of aromatic nitrogens is 3. The molecule has 1 aromatic carbocycles. The fraction of sp³-hybridized carbons (Fsp3) is 0.478. The van der Waals surface area contributed by atoms with Crippen molar-refractivity contribution >= 4 is 34.2 Å². The summed E-state index contributed by atoms with van der Waals surface area (Å²) in [6, 6.07) is 3.90. The molecular formula is C23H30N6O3S. The second kappa shape index (κ2) is 8.42. The van der Waals surface area contributed by atoms with Crippen molar-refractivity contribution in [3.8, 4) is 15.6 Å². The molecule has 9 nitrogen and oxygen atoms in total. The maximum atomic E-state index is 13.3. The lowest BCUT2D eigenvalue weighted by Gasteiger charge is -2.49. The summed E-state index contributed by atoms with van der Waals surface area (Å²) in [6.45, 7) is 9.34. The van der Waals surface area contributed by atoms with Crippen LogP contribution in [0, 0.1) is 12.8 Å². The average Bonchev–Trinajstić information content (AvgIpc) is 3.31. The number of benzene rings is 1.